The van der Waals surface area contributed by atoms with E-state index >= 15 is 0 Å². The third-order valence-electron chi connectivity index (χ3n) is 1.39. The Kier molecular flexibility index (Phi) is 3.28. The second-order valence-electron chi connectivity index (χ2n) is 2.24. The van der Waals surface area contributed by atoms with Gasteiger partial charge in [0.1, 0.15) is 10.7 Å². The summed E-state index contributed by atoms with van der Waals surface area (Å²) < 4.78 is 0. The number of hydroxylamine groups is 1. The maximum Gasteiger partial charge on any atom is 0.257 e. The molecule has 1 unspecified atom stereocenters. The summed E-state index contributed by atoms with van der Waals surface area (Å²) >= 11 is 11.3. The molecule has 1 aliphatic rings. The first-order valence-corrected chi connectivity index (χ1v) is 3.97. The van der Waals surface area contributed by atoms with Crippen molar-refractivity contribution in [2.24, 2.45) is 4.99 Å². The van der Waals surface area contributed by atoms with Crippen molar-refractivity contribution in [1.82, 2.24) is 10.4 Å². The van der Waals surface area contributed by atoms with Crippen molar-refractivity contribution in [1.29, 1.82) is 0 Å². The first kappa shape index (κ1) is 9.73. The molecule has 68 valence electrons. The zero-order valence-corrected chi connectivity index (χ0v) is 7.51. The normalized spacial score (nSPS) is 23.9. The van der Waals surface area contributed by atoms with E-state index in [1.54, 1.807) is 0 Å². The molecule has 1 heterocycles. The van der Waals surface area contributed by atoms with Gasteiger partial charge in [0.25, 0.3) is 5.91 Å². The van der Waals surface area contributed by atoms with Gasteiger partial charge in [-0.05, 0) is 0 Å². The Bertz CT molecular complexity index is 221. The summed E-state index contributed by atoms with van der Waals surface area (Å²) in [6.45, 7) is 0.255. The third kappa shape index (κ3) is 2.07. The number of hydrogen-bond donors (Lipinski definition) is 2. The molecule has 0 fully saturated rings. The Hall–Kier alpha value is -0.360. The van der Waals surface area contributed by atoms with Crippen molar-refractivity contribution >= 4 is 34.3 Å². The van der Waals surface area contributed by atoms with Gasteiger partial charge in [-0.15, -0.1) is 0 Å². The van der Waals surface area contributed by atoms with Gasteiger partial charge in [-0.25, -0.2) is 5.48 Å². The average molecular weight is 212 g/mol. The molecule has 0 aliphatic carbocycles. The number of aliphatic imine (C=N–C) groups is 1. The average Bonchev–Trinajstić information content (AvgIpc) is 2.36. The Morgan fingerprint density at radius 1 is 1.92 bits per heavy atom. The number of rotatable bonds is 2. The van der Waals surface area contributed by atoms with Gasteiger partial charge < -0.3 is 0 Å². The number of alkyl halides is 1. The predicted octanol–water partition coefficient (Wildman–Crippen LogP) is -0.0329. The van der Waals surface area contributed by atoms with Crippen LogP contribution in [0, 0.1) is 0 Å². The molecule has 0 saturated carbocycles. The van der Waals surface area contributed by atoms with Gasteiger partial charge in [0, 0.05) is 0 Å². The fourth-order valence-electron chi connectivity index (χ4n) is 0.806. The van der Waals surface area contributed by atoms with Gasteiger partial charge in [0.2, 0.25) is 0 Å². The van der Waals surface area contributed by atoms with Crippen LogP contribution >= 0.6 is 23.2 Å². The lowest BCUT2D eigenvalue weighted by Gasteiger charge is -2.16. The van der Waals surface area contributed by atoms with Crippen LogP contribution in [-0.4, -0.2) is 39.9 Å². The minimum Gasteiger partial charge on any atom is -0.289 e. The van der Waals surface area contributed by atoms with Crippen LogP contribution in [0.4, 0.5) is 0 Å². The molecule has 1 amide bonds. The second kappa shape index (κ2) is 4.04. The maximum atomic E-state index is 10.7. The fraction of sp³-hybridized carbons (Fsp3) is 0.600. The molecule has 7 heteroatoms. The maximum absolute atomic E-state index is 10.7. The van der Waals surface area contributed by atoms with Crippen molar-refractivity contribution in [2.45, 2.75) is 5.50 Å². The van der Waals surface area contributed by atoms with E-state index in [1.807, 2.05) is 0 Å². The summed E-state index contributed by atoms with van der Waals surface area (Å²) in [6.07, 6.45) is 0. The third-order valence-corrected chi connectivity index (χ3v) is 2.31. The van der Waals surface area contributed by atoms with E-state index in [9.17, 15) is 4.79 Å². The fourth-order valence-corrected chi connectivity index (χ4v) is 1.20. The molecule has 1 rings (SSSR count). The Balaban J connectivity index is 2.42. The summed E-state index contributed by atoms with van der Waals surface area (Å²) in [5.41, 5.74) is 0.928. The number of carbonyl (C=O) groups is 1. The van der Waals surface area contributed by atoms with E-state index in [1.165, 1.54) is 10.4 Å². The van der Waals surface area contributed by atoms with Gasteiger partial charge in [0.15, 0.2) is 0 Å². The largest absolute Gasteiger partial charge is 0.289 e. The van der Waals surface area contributed by atoms with Gasteiger partial charge in [-0.1, -0.05) is 23.2 Å². The number of nitrogens with one attached hydrogen (secondary N) is 1. The summed E-state index contributed by atoms with van der Waals surface area (Å²) in [6, 6.07) is 0. The van der Waals surface area contributed by atoms with E-state index in [0.29, 0.717) is 0 Å². The highest BCUT2D eigenvalue weighted by Gasteiger charge is 2.26. The van der Waals surface area contributed by atoms with Crippen molar-refractivity contribution in [2.75, 3.05) is 13.2 Å². The summed E-state index contributed by atoms with van der Waals surface area (Å²) in [5.74, 6) is -0.540. The number of carbonyl (C=O) groups excluding carboxylic acids is 1. The molecular weight excluding hydrogens is 205 g/mol. The summed E-state index contributed by atoms with van der Waals surface area (Å²) in [7, 11) is 0. The molecule has 5 nitrogen and oxygen atoms in total. The van der Waals surface area contributed by atoms with Gasteiger partial charge >= 0.3 is 0 Å². The zero-order chi connectivity index (χ0) is 9.14. The molecule has 0 spiro atoms. The van der Waals surface area contributed by atoms with E-state index in [2.05, 4.69) is 4.99 Å². The highest BCUT2D eigenvalue weighted by Crippen LogP contribution is 2.15. The topological polar surface area (TPSA) is 64.9 Å². The van der Waals surface area contributed by atoms with Crippen LogP contribution in [0.25, 0.3) is 0 Å². The van der Waals surface area contributed by atoms with Crippen molar-refractivity contribution in [3.63, 3.8) is 0 Å². The van der Waals surface area contributed by atoms with Crippen LogP contribution in [-0.2, 0) is 4.79 Å². The van der Waals surface area contributed by atoms with E-state index in [0.717, 1.165) is 0 Å². The van der Waals surface area contributed by atoms with Crippen LogP contribution in [0.2, 0.25) is 0 Å². The number of hydrogen-bond acceptors (Lipinski definition) is 4. The highest BCUT2D eigenvalue weighted by molar-refractivity contribution is 6.71. The minimum absolute atomic E-state index is 0.0234. The van der Waals surface area contributed by atoms with Crippen molar-refractivity contribution in [3.8, 4) is 0 Å². The van der Waals surface area contributed by atoms with Crippen molar-refractivity contribution in [3.05, 3.63) is 0 Å². The molecule has 1 aliphatic heterocycles. The molecule has 12 heavy (non-hydrogen) atoms. The van der Waals surface area contributed by atoms with Crippen LogP contribution in [0.3, 0.4) is 0 Å². The number of halogens is 2. The number of nitrogens with zero attached hydrogens (tertiary/aromatic N) is 2. The first-order valence-electron chi connectivity index (χ1n) is 3.16. The van der Waals surface area contributed by atoms with Crippen LogP contribution in [0.15, 0.2) is 4.99 Å². The SMILES string of the molecule is O=C(CN1CN=C(Cl)C1Cl)NO. The smallest absolute Gasteiger partial charge is 0.257 e. The zero-order valence-electron chi connectivity index (χ0n) is 6.00. The number of amides is 1. The molecule has 0 radical (unpaired) electrons. The molecule has 0 aromatic rings. The minimum atomic E-state index is -0.566. The predicted molar refractivity (Wildman–Crippen MR) is 44.4 cm³/mol. The Morgan fingerprint density at radius 3 is 3.00 bits per heavy atom. The molecule has 0 aromatic heterocycles. The standard InChI is InChI=1S/C5H7Cl2N3O2/c6-4-5(7)10(2-8-4)1-3(11)9-12/h5,12H,1-2H2,(H,9,11). The molecule has 0 aromatic carbocycles. The van der Waals surface area contributed by atoms with E-state index < -0.39 is 11.4 Å². The molecule has 1 atom stereocenters. The Labute approximate surface area is 78.9 Å². The van der Waals surface area contributed by atoms with Crippen molar-refractivity contribution < 1.29 is 10.0 Å². The molecule has 0 bridgehead atoms. The quantitative estimate of drug-likeness (QED) is 0.292. The summed E-state index contributed by atoms with van der Waals surface area (Å²) in [4.78, 5) is 16.0. The van der Waals surface area contributed by atoms with Gasteiger partial charge in [-0.3, -0.25) is 19.9 Å². The van der Waals surface area contributed by atoms with E-state index in [-0.39, 0.29) is 18.4 Å². The lowest BCUT2D eigenvalue weighted by molar-refractivity contribution is -0.130. The monoisotopic (exact) mass is 211 g/mol. The van der Waals surface area contributed by atoms with Crippen LogP contribution in [0.1, 0.15) is 0 Å². The lowest BCUT2D eigenvalue weighted by Crippen LogP contribution is -2.38. The molecule has 2 N–H and O–H groups in total. The second-order valence-corrected chi connectivity index (χ2v) is 3.04. The summed E-state index contributed by atoms with van der Waals surface area (Å²) in [5, 5.41) is 8.47. The van der Waals surface area contributed by atoms with Gasteiger partial charge in [0.05, 0.1) is 13.2 Å². The molecular formula is C5H7Cl2N3O2. The lowest BCUT2D eigenvalue weighted by atomic mass is 10.5. The Morgan fingerprint density at radius 2 is 2.58 bits per heavy atom. The van der Waals surface area contributed by atoms with Crippen LogP contribution in [0.5, 0.6) is 0 Å². The van der Waals surface area contributed by atoms with Crippen LogP contribution < -0.4 is 5.48 Å². The van der Waals surface area contributed by atoms with Gasteiger partial charge in [-0.2, -0.15) is 0 Å². The highest BCUT2D eigenvalue weighted by atomic mass is 35.5. The van der Waals surface area contributed by atoms with E-state index in [4.69, 9.17) is 28.4 Å². The molecule has 0 saturated heterocycles. The first-order chi connectivity index (χ1) is 5.65.